The lowest BCUT2D eigenvalue weighted by Crippen LogP contribution is -1.96. The van der Waals surface area contributed by atoms with Crippen LogP contribution in [0.1, 0.15) is 103 Å². The molecule has 0 saturated heterocycles. The molecular weight excluding hydrogens is 300 g/mol. The largest absolute Gasteiger partial charge is 0.341 e. The first kappa shape index (κ1) is 18.5. The Morgan fingerprint density at radius 3 is 2.13 bits per heavy atom. The summed E-state index contributed by atoms with van der Waals surface area (Å²) < 4.78 is 0. The van der Waals surface area contributed by atoms with E-state index in [1.54, 1.807) is 11.3 Å². The van der Waals surface area contributed by atoms with Crippen molar-refractivity contribution in [1.82, 2.24) is 9.97 Å². The molecule has 2 aromatic heterocycles. The third-order valence-electron chi connectivity index (χ3n) is 4.85. The van der Waals surface area contributed by atoms with Crippen molar-refractivity contribution in [2.75, 3.05) is 0 Å². The molecule has 2 rings (SSSR count). The van der Waals surface area contributed by atoms with Gasteiger partial charge in [-0.1, -0.05) is 84.5 Å². The molecular formula is C20H34N2S. The molecule has 0 spiro atoms. The first-order valence-electron chi connectivity index (χ1n) is 9.73. The minimum atomic E-state index is 0.561. The van der Waals surface area contributed by atoms with E-state index >= 15 is 0 Å². The number of rotatable bonds is 13. The number of nitrogens with zero attached hydrogens (tertiary/aromatic N) is 1. The van der Waals surface area contributed by atoms with E-state index < -0.39 is 0 Å². The van der Waals surface area contributed by atoms with Crippen LogP contribution in [0.25, 0.3) is 11.0 Å². The second kappa shape index (κ2) is 10.9. The molecule has 3 heteroatoms. The van der Waals surface area contributed by atoms with E-state index in [9.17, 15) is 0 Å². The number of unbranched alkanes of at least 4 members (excludes halogenated alkanes) is 10. The Kier molecular flexibility index (Phi) is 8.73. The zero-order valence-corrected chi connectivity index (χ0v) is 15.9. The van der Waals surface area contributed by atoms with E-state index in [0.29, 0.717) is 5.92 Å². The third kappa shape index (κ3) is 6.66. The summed E-state index contributed by atoms with van der Waals surface area (Å²) in [5.74, 6) is 1.74. The van der Waals surface area contributed by atoms with Gasteiger partial charge in [-0.05, 0) is 6.42 Å². The average molecular weight is 335 g/mol. The highest BCUT2D eigenvalue weighted by Gasteiger charge is 2.10. The number of nitrogens with one attached hydrogen (secondary N) is 1. The molecule has 0 saturated carbocycles. The van der Waals surface area contributed by atoms with Gasteiger partial charge in [0.1, 0.15) is 5.82 Å². The fraction of sp³-hybridized carbons (Fsp3) is 0.750. The van der Waals surface area contributed by atoms with Gasteiger partial charge in [-0.3, -0.25) is 0 Å². The Labute approximate surface area is 146 Å². The quantitative estimate of drug-likeness (QED) is 0.379. The van der Waals surface area contributed by atoms with Crippen LogP contribution in [-0.4, -0.2) is 9.97 Å². The van der Waals surface area contributed by atoms with E-state index in [2.05, 4.69) is 29.6 Å². The molecule has 1 N–H and O–H groups in total. The van der Waals surface area contributed by atoms with Crippen LogP contribution < -0.4 is 0 Å². The maximum atomic E-state index is 4.70. The van der Waals surface area contributed by atoms with Crippen molar-refractivity contribution >= 4 is 22.4 Å². The molecule has 2 heterocycles. The fourth-order valence-electron chi connectivity index (χ4n) is 3.25. The van der Waals surface area contributed by atoms with Gasteiger partial charge in [0.25, 0.3) is 0 Å². The maximum absolute atomic E-state index is 4.70. The van der Waals surface area contributed by atoms with Crippen molar-refractivity contribution < 1.29 is 0 Å². The molecule has 0 aliphatic carbocycles. The summed E-state index contributed by atoms with van der Waals surface area (Å²) in [6.07, 6.45) is 16.8. The smallest absolute Gasteiger partial charge is 0.110 e. The zero-order chi connectivity index (χ0) is 16.3. The Bertz CT molecular complexity index is 500. The van der Waals surface area contributed by atoms with Gasteiger partial charge in [0, 0.05) is 16.7 Å². The minimum absolute atomic E-state index is 0.561. The lowest BCUT2D eigenvalue weighted by atomic mass is 10.0. The molecule has 0 aliphatic rings. The van der Waals surface area contributed by atoms with Crippen LogP contribution in [-0.2, 0) is 0 Å². The number of fused-ring (bicyclic) bond motifs is 1. The van der Waals surface area contributed by atoms with Gasteiger partial charge in [0.2, 0.25) is 0 Å². The first-order valence-corrected chi connectivity index (χ1v) is 10.7. The summed E-state index contributed by atoms with van der Waals surface area (Å²) in [5, 5.41) is 4.28. The highest BCUT2D eigenvalue weighted by molar-refractivity contribution is 7.09. The predicted octanol–water partition coefficient (Wildman–Crippen LogP) is 7.43. The van der Waals surface area contributed by atoms with Crippen LogP contribution in [0.4, 0.5) is 0 Å². The Hall–Kier alpha value is -0.830. The molecule has 1 unspecified atom stereocenters. The SMILES string of the molecule is CCCCCCCCCCCCCC(C)c1nc2cscc2[nH]1. The van der Waals surface area contributed by atoms with Crippen molar-refractivity contribution in [1.29, 1.82) is 0 Å². The maximum Gasteiger partial charge on any atom is 0.110 e. The highest BCUT2D eigenvalue weighted by atomic mass is 32.1. The standard InChI is InChI=1S/C20H34N2S/c1-3-4-5-6-7-8-9-10-11-12-13-14-17(2)20-21-18-15-23-16-19(18)22-20/h15-17H,3-14H2,1-2H3,(H,21,22). The Balaban J connectivity index is 1.45. The van der Waals surface area contributed by atoms with Crippen LogP contribution in [0.2, 0.25) is 0 Å². The lowest BCUT2D eigenvalue weighted by molar-refractivity contribution is 0.527. The second-order valence-corrected chi connectivity index (χ2v) is 7.76. The molecule has 130 valence electrons. The minimum Gasteiger partial charge on any atom is -0.341 e. The summed E-state index contributed by atoms with van der Waals surface area (Å²) in [7, 11) is 0. The van der Waals surface area contributed by atoms with Crippen LogP contribution in [0.5, 0.6) is 0 Å². The third-order valence-corrected chi connectivity index (χ3v) is 5.58. The number of imidazole rings is 1. The van der Waals surface area contributed by atoms with E-state index in [1.165, 1.54) is 88.4 Å². The van der Waals surface area contributed by atoms with Gasteiger partial charge in [0.05, 0.1) is 11.0 Å². The van der Waals surface area contributed by atoms with E-state index in [0.717, 1.165) is 5.52 Å². The Morgan fingerprint density at radius 2 is 1.52 bits per heavy atom. The summed E-state index contributed by atoms with van der Waals surface area (Å²) in [6, 6.07) is 0. The number of hydrogen-bond donors (Lipinski definition) is 1. The summed E-state index contributed by atoms with van der Waals surface area (Å²) >= 11 is 1.72. The number of hydrogen-bond acceptors (Lipinski definition) is 2. The molecule has 2 aromatic rings. The van der Waals surface area contributed by atoms with Crippen LogP contribution >= 0.6 is 11.3 Å². The molecule has 0 aromatic carbocycles. The number of aromatic nitrogens is 2. The van der Waals surface area contributed by atoms with Gasteiger partial charge < -0.3 is 4.98 Å². The van der Waals surface area contributed by atoms with Gasteiger partial charge in [-0.25, -0.2) is 4.98 Å². The number of H-pyrrole nitrogens is 1. The molecule has 0 bridgehead atoms. The average Bonchev–Trinajstić information content (AvgIpc) is 3.14. The summed E-state index contributed by atoms with van der Waals surface area (Å²) in [5.41, 5.74) is 2.34. The van der Waals surface area contributed by atoms with Crippen molar-refractivity contribution in [3.05, 3.63) is 16.6 Å². The summed E-state index contributed by atoms with van der Waals surface area (Å²) in [6.45, 7) is 4.59. The van der Waals surface area contributed by atoms with Gasteiger partial charge in [-0.15, -0.1) is 11.3 Å². The van der Waals surface area contributed by atoms with Crippen molar-refractivity contribution in [3.8, 4) is 0 Å². The molecule has 0 fully saturated rings. The number of aromatic amines is 1. The zero-order valence-electron chi connectivity index (χ0n) is 15.1. The van der Waals surface area contributed by atoms with Gasteiger partial charge in [-0.2, -0.15) is 0 Å². The summed E-state index contributed by atoms with van der Waals surface area (Å²) in [4.78, 5) is 8.16. The van der Waals surface area contributed by atoms with Crippen LogP contribution in [0, 0.1) is 0 Å². The normalized spacial score (nSPS) is 13.0. The van der Waals surface area contributed by atoms with Gasteiger partial charge in [0.15, 0.2) is 0 Å². The van der Waals surface area contributed by atoms with E-state index in [1.807, 2.05) is 0 Å². The van der Waals surface area contributed by atoms with E-state index in [4.69, 9.17) is 4.98 Å². The Morgan fingerprint density at radius 1 is 0.913 bits per heavy atom. The predicted molar refractivity (Wildman–Crippen MR) is 103 cm³/mol. The van der Waals surface area contributed by atoms with Crippen molar-refractivity contribution in [3.63, 3.8) is 0 Å². The van der Waals surface area contributed by atoms with Gasteiger partial charge >= 0.3 is 0 Å². The van der Waals surface area contributed by atoms with E-state index in [-0.39, 0.29) is 0 Å². The molecule has 0 radical (unpaired) electrons. The molecule has 1 atom stereocenters. The fourth-order valence-corrected chi connectivity index (χ4v) is 3.94. The monoisotopic (exact) mass is 334 g/mol. The van der Waals surface area contributed by atoms with Crippen molar-refractivity contribution in [2.24, 2.45) is 0 Å². The number of thiophene rings is 1. The van der Waals surface area contributed by atoms with Crippen LogP contribution in [0.15, 0.2) is 10.8 Å². The highest BCUT2D eigenvalue weighted by Crippen LogP contribution is 2.24. The molecule has 0 aliphatic heterocycles. The molecule has 23 heavy (non-hydrogen) atoms. The first-order chi connectivity index (χ1) is 11.3. The topological polar surface area (TPSA) is 28.7 Å². The van der Waals surface area contributed by atoms with Crippen molar-refractivity contribution in [2.45, 2.75) is 96.8 Å². The van der Waals surface area contributed by atoms with Crippen LogP contribution in [0.3, 0.4) is 0 Å². The lowest BCUT2D eigenvalue weighted by Gasteiger charge is -2.08. The molecule has 0 amide bonds. The molecule has 2 nitrogen and oxygen atoms in total. The second-order valence-electron chi connectivity index (χ2n) is 7.02.